The highest BCUT2D eigenvalue weighted by atomic mass is 14.9. The van der Waals surface area contributed by atoms with Crippen molar-refractivity contribution in [3.8, 4) is 0 Å². The van der Waals surface area contributed by atoms with E-state index in [1.54, 1.807) is 0 Å². The van der Waals surface area contributed by atoms with Crippen molar-refractivity contribution in [1.29, 1.82) is 0 Å². The number of hydrogen-bond donors (Lipinski definition) is 0. The Kier molecular flexibility index (Phi) is 2.23. The summed E-state index contributed by atoms with van der Waals surface area (Å²) >= 11 is 0. The van der Waals surface area contributed by atoms with Crippen molar-refractivity contribution in [3.63, 3.8) is 0 Å². The summed E-state index contributed by atoms with van der Waals surface area (Å²) in [5.41, 5.74) is 0.534. The minimum absolute atomic E-state index is 0.00655. The lowest BCUT2D eigenvalue weighted by Crippen LogP contribution is -2.39. The SMILES string of the molecule is [C-]#[N+][C@@]12CC[C@H](C)[C@@H]1C1C(CC[C@H]2C)C1(C)C. The van der Waals surface area contributed by atoms with E-state index < -0.39 is 0 Å². The molecular formula is C16H25N. The summed E-state index contributed by atoms with van der Waals surface area (Å²) < 4.78 is 0. The molecule has 0 radical (unpaired) electrons. The van der Waals surface area contributed by atoms with Crippen LogP contribution in [-0.4, -0.2) is 5.54 Å². The Balaban J connectivity index is 2.04. The van der Waals surface area contributed by atoms with E-state index in [9.17, 15) is 0 Å². The topological polar surface area (TPSA) is 4.36 Å². The maximum absolute atomic E-state index is 7.80. The van der Waals surface area contributed by atoms with Gasteiger partial charge < -0.3 is 4.85 Å². The van der Waals surface area contributed by atoms with Crippen LogP contribution in [0.25, 0.3) is 4.85 Å². The number of nitrogens with zero attached hydrogens (tertiary/aromatic N) is 1. The Morgan fingerprint density at radius 2 is 1.76 bits per heavy atom. The quantitative estimate of drug-likeness (QED) is 0.544. The van der Waals surface area contributed by atoms with Gasteiger partial charge in [0.05, 0.1) is 0 Å². The second kappa shape index (κ2) is 3.28. The maximum atomic E-state index is 7.80. The van der Waals surface area contributed by atoms with Crippen LogP contribution in [-0.2, 0) is 0 Å². The molecule has 3 saturated carbocycles. The Morgan fingerprint density at radius 1 is 1.06 bits per heavy atom. The highest BCUT2D eigenvalue weighted by Gasteiger charge is 2.72. The molecule has 0 amide bonds. The molecule has 3 aliphatic carbocycles. The van der Waals surface area contributed by atoms with Crippen LogP contribution >= 0.6 is 0 Å². The van der Waals surface area contributed by atoms with E-state index in [2.05, 4.69) is 32.5 Å². The van der Waals surface area contributed by atoms with Crippen LogP contribution in [0.4, 0.5) is 0 Å². The third-order valence-electron chi connectivity index (χ3n) is 6.69. The van der Waals surface area contributed by atoms with E-state index in [1.807, 2.05) is 0 Å². The average Bonchev–Trinajstić information content (AvgIpc) is 2.69. The van der Waals surface area contributed by atoms with Crippen molar-refractivity contribution >= 4 is 0 Å². The van der Waals surface area contributed by atoms with Gasteiger partial charge in [-0.15, -0.1) is 0 Å². The predicted octanol–water partition coefficient (Wildman–Crippen LogP) is 4.39. The molecule has 0 heterocycles. The zero-order valence-electron chi connectivity index (χ0n) is 11.7. The highest BCUT2D eigenvalue weighted by Crippen LogP contribution is 2.72. The van der Waals surface area contributed by atoms with Gasteiger partial charge in [0.1, 0.15) is 0 Å². The second-order valence-corrected chi connectivity index (χ2v) is 7.58. The van der Waals surface area contributed by atoms with Crippen molar-refractivity contribution in [2.24, 2.45) is 35.0 Å². The summed E-state index contributed by atoms with van der Waals surface area (Å²) in [5.74, 6) is 3.85. The monoisotopic (exact) mass is 231 g/mol. The molecule has 6 atom stereocenters. The van der Waals surface area contributed by atoms with Crippen LogP contribution in [0.1, 0.15) is 53.4 Å². The lowest BCUT2D eigenvalue weighted by atomic mass is 9.71. The van der Waals surface area contributed by atoms with E-state index >= 15 is 0 Å². The second-order valence-electron chi connectivity index (χ2n) is 7.58. The summed E-state index contributed by atoms with van der Waals surface area (Å²) in [6.07, 6.45) is 5.12. The Morgan fingerprint density at radius 3 is 2.41 bits per heavy atom. The molecule has 0 spiro atoms. The van der Waals surface area contributed by atoms with Gasteiger partial charge in [-0.3, -0.25) is 0 Å². The maximum Gasteiger partial charge on any atom is 0.238 e. The molecule has 17 heavy (non-hydrogen) atoms. The molecular weight excluding hydrogens is 206 g/mol. The van der Waals surface area contributed by atoms with Crippen molar-refractivity contribution in [3.05, 3.63) is 11.4 Å². The molecule has 3 rings (SSSR count). The van der Waals surface area contributed by atoms with Crippen LogP contribution in [0.3, 0.4) is 0 Å². The fourth-order valence-corrected chi connectivity index (χ4v) is 5.51. The predicted molar refractivity (Wildman–Crippen MR) is 70.4 cm³/mol. The van der Waals surface area contributed by atoms with Gasteiger partial charge in [-0.2, -0.15) is 0 Å². The zero-order chi connectivity index (χ0) is 12.4. The van der Waals surface area contributed by atoms with Gasteiger partial charge in [-0.05, 0) is 42.4 Å². The fraction of sp³-hybridized carbons (Fsp3) is 0.938. The molecule has 2 unspecified atom stereocenters. The van der Waals surface area contributed by atoms with E-state index in [0.717, 1.165) is 17.8 Å². The van der Waals surface area contributed by atoms with Crippen molar-refractivity contribution in [1.82, 2.24) is 0 Å². The van der Waals surface area contributed by atoms with Crippen LogP contribution in [0.15, 0.2) is 0 Å². The number of hydrogen-bond acceptors (Lipinski definition) is 0. The minimum Gasteiger partial charge on any atom is -0.310 e. The van der Waals surface area contributed by atoms with Crippen molar-refractivity contribution < 1.29 is 0 Å². The summed E-state index contributed by atoms with van der Waals surface area (Å²) in [4.78, 5) is 4.23. The van der Waals surface area contributed by atoms with Crippen molar-refractivity contribution in [2.75, 3.05) is 0 Å². The minimum atomic E-state index is 0.00655. The van der Waals surface area contributed by atoms with Gasteiger partial charge in [0.2, 0.25) is 5.54 Å². The van der Waals surface area contributed by atoms with E-state index in [1.165, 1.54) is 25.7 Å². The largest absolute Gasteiger partial charge is 0.310 e. The standard InChI is InChI=1S/C16H25N/c1-10-8-9-16(17-5)11(2)6-7-12-14(13(10)16)15(12,3)4/h10-14H,6-9H2,1-4H3/t10-,11+,12?,13+,14?,16+/m0/s1. The third-order valence-corrected chi connectivity index (χ3v) is 6.69. The number of fused-ring (bicyclic) bond motifs is 3. The molecule has 3 fully saturated rings. The zero-order valence-corrected chi connectivity index (χ0v) is 11.7. The van der Waals surface area contributed by atoms with E-state index in [-0.39, 0.29) is 5.54 Å². The van der Waals surface area contributed by atoms with Gasteiger partial charge in [0, 0.05) is 18.3 Å². The normalized spacial score (nSPS) is 55.4. The summed E-state index contributed by atoms with van der Waals surface area (Å²) in [7, 11) is 0. The lowest BCUT2D eigenvalue weighted by molar-refractivity contribution is 0.196. The Bertz CT molecular complexity index is 377. The van der Waals surface area contributed by atoms with Gasteiger partial charge in [-0.1, -0.05) is 27.7 Å². The molecule has 0 aromatic carbocycles. The lowest BCUT2D eigenvalue weighted by Gasteiger charge is -2.31. The first-order valence-electron chi connectivity index (χ1n) is 7.33. The van der Waals surface area contributed by atoms with Crippen molar-refractivity contribution in [2.45, 2.75) is 58.9 Å². The highest BCUT2D eigenvalue weighted by molar-refractivity contribution is 5.23. The molecule has 1 nitrogen and oxygen atoms in total. The van der Waals surface area contributed by atoms with Crippen LogP contribution in [0, 0.1) is 41.6 Å². The van der Waals surface area contributed by atoms with Gasteiger partial charge >= 0.3 is 0 Å². The van der Waals surface area contributed by atoms with E-state index in [0.29, 0.717) is 17.3 Å². The smallest absolute Gasteiger partial charge is 0.238 e. The molecule has 0 saturated heterocycles. The first-order valence-corrected chi connectivity index (χ1v) is 7.33. The molecule has 0 aliphatic heterocycles. The van der Waals surface area contributed by atoms with Crippen LogP contribution in [0.2, 0.25) is 0 Å². The van der Waals surface area contributed by atoms with Gasteiger partial charge in [0.25, 0.3) is 0 Å². The van der Waals surface area contributed by atoms with Crippen LogP contribution in [0.5, 0.6) is 0 Å². The third kappa shape index (κ3) is 1.25. The first kappa shape index (κ1) is 11.6. The van der Waals surface area contributed by atoms with Gasteiger partial charge in [-0.25, -0.2) is 6.57 Å². The Labute approximate surface area is 106 Å². The average molecular weight is 231 g/mol. The summed E-state index contributed by atoms with van der Waals surface area (Å²) in [6, 6.07) is 0. The summed E-state index contributed by atoms with van der Waals surface area (Å²) in [5, 5.41) is 0. The molecule has 94 valence electrons. The molecule has 0 N–H and O–H groups in total. The Hall–Kier alpha value is -0.510. The van der Waals surface area contributed by atoms with Gasteiger partial charge in [0.15, 0.2) is 0 Å². The van der Waals surface area contributed by atoms with E-state index in [4.69, 9.17) is 6.57 Å². The van der Waals surface area contributed by atoms with Crippen LogP contribution < -0.4 is 0 Å². The molecule has 0 aromatic rings. The fourth-order valence-electron chi connectivity index (χ4n) is 5.51. The molecule has 0 aromatic heterocycles. The molecule has 0 bridgehead atoms. The number of rotatable bonds is 0. The first-order chi connectivity index (χ1) is 7.95. The molecule has 3 aliphatic rings. The molecule has 1 heteroatoms. The summed E-state index contributed by atoms with van der Waals surface area (Å²) in [6.45, 7) is 17.4.